The van der Waals surface area contributed by atoms with E-state index >= 15 is 0 Å². The number of benzene rings is 1. The fourth-order valence-electron chi connectivity index (χ4n) is 3.22. The Hall–Kier alpha value is -2.32. The lowest BCUT2D eigenvalue weighted by molar-refractivity contribution is -0.124. The molecule has 1 aromatic carbocycles. The van der Waals surface area contributed by atoms with Crippen molar-refractivity contribution < 1.29 is 19.1 Å². The first-order valence-corrected chi connectivity index (χ1v) is 9.50. The SMILES string of the molecule is CCCNC(=O)CN1CCN([C@@H](C)C(=O)Nc2ccc3c(c2)OCO3)CC1. The summed E-state index contributed by atoms with van der Waals surface area (Å²) >= 11 is 0. The summed E-state index contributed by atoms with van der Waals surface area (Å²) in [6.45, 7) is 8.38. The van der Waals surface area contributed by atoms with Crippen LogP contribution in [0.2, 0.25) is 0 Å². The Morgan fingerprint density at radius 1 is 1.15 bits per heavy atom. The van der Waals surface area contributed by atoms with E-state index in [-0.39, 0.29) is 24.6 Å². The Bertz CT molecular complexity index is 674. The average molecular weight is 376 g/mol. The fourth-order valence-corrected chi connectivity index (χ4v) is 3.22. The van der Waals surface area contributed by atoms with E-state index < -0.39 is 0 Å². The van der Waals surface area contributed by atoms with Crippen molar-refractivity contribution in [3.63, 3.8) is 0 Å². The molecule has 1 saturated heterocycles. The fraction of sp³-hybridized carbons (Fsp3) is 0.579. The van der Waals surface area contributed by atoms with Gasteiger partial charge in [0.1, 0.15) is 0 Å². The van der Waals surface area contributed by atoms with E-state index in [0.29, 0.717) is 23.7 Å². The summed E-state index contributed by atoms with van der Waals surface area (Å²) in [4.78, 5) is 28.7. The van der Waals surface area contributed by atoms with E-state index in [0.717, 1.165) is 39.1 Å². The van der Waals surface area contributed by atoms with Crippen LogP contribution in [0.1, 0.15) is 20.3 Å². The summed E-state index contributed by atoms with van der Waals surface area (Å²) < 4.78 is 10.6. The van der Waals surface area contributed by atoms with Crippen molar-refractivity contribution in [1.29, 1.82) is 0 Å². The quantitative estimate of drug-likeness (QED) is 0.735. The van der Waals surface area contributed by atoms with Gasteiger partial charge in [-0.2, -0.15) is 0 Å². The van der Waals surface area contributed by atoms with Gasteiger partial charge in [0.25, 0.3) is 0 Å². The molecule has 2 N–H and O–H groups in total. The van der Waals surface area contributed by atoms with Crippen LogP contribution in [0.3, 0.4) is 0 Å². The van der Waals surface area contributed by atoms with Gasteiger partial charge in [-0.1, -0.05) is 6.92 Å². The summed E-state index contributed by atoms with van der Waals surface area (Å²) in [5, 5.41) is 5.84. The molecule has 0 radical (unpaired) electrons. The zero-order valence-electron chi connectivity index (χ0n) is 16.0. The number of anilines is 1. The van der Waals surface area contributed by atoms with Crippen LogP contribution in [0.4, 0.5) is 5.69 Å². The number of nitrogens with one attached hydrogen (secondary N) is 2. The summed E-state index contributed by atoms with van der Waals surface area (Å²) in [6.07, 6.45) is 0.940. The highest BCUT2D eigenvalue weighted by Gasteiger charge is 2.26. The van der Waals surface area contributed by atoms with Gasteiger partial charge in [-0.05, 0) is 25.5 Å². The van der Waals surface area contributed by atoms with Crippen LogP contribution in [0.15, 0.2) is 18.2 Å². The van der Waals surface area contributed by atoms with Crippen molar-refractivity contribution in [2.75, 3.05) is 51.4 Å². The maximum Gasteiger partial charge on any atom is 0.241 e. The van der Waals surface area contributed by atoms with E-state index in [1.165, 1.54) is 0 Å². The first-order valence-electron chi connectivity index (χ1n) is 9.50. The molecule has 2 amide bonds. The predicted molar refractivity (Wildman–Crippen MR) is 102 cm³/mol. The van der Waals surface area contributed by atoms with Gasteiger partial charge in [-0.3, -0.25) is 19.4 Å². The number of rotatable bonds is 7. The number of hydrogen-bond acceptors (Lipinski definition) is 6. The normalized spacial score (nSPS) is 18.1. The zero-order chi connectivity index (χ0) is 19.2. The minimum atomic E-state index is -0.244. The summed E-state index contributed by atoms with van der Waals surface area (Å²) in [5.74, 6) is 1.36. The van der Waals surface area contributed by atoms with Gasteiger partial charge in [0, 0.05) is 44.5 Å². The Kier molecular flexibility index (Phi) is 6.52. The van der Waals surface area contributed by atoms with Crippen molar-refractivity contribution in [1.82, 2.24) is 15.1 Å². The highest BCUT2D eigenvalue weighted by Crippen LogP contribution is 2.34. The lowest BCUT2D eigenvalue weighted by Crippen LogP contribution is -2.54. The van der Waals surface area contributed by atoms with Crippen LogP contribution in [0, 0.1) is 0 Å². The van der Waals surface area contributed by atoms with Gasteiger partial charge in [-0.15, -0.1) is 0 Å². The Morgan fingerprint density at radius 3 is 2.63 bits per heavy atom. The second kappa shape index (κ2) is 9.05. The molecule has 0 saturated carbocycles. The lowest BCUT2D eigenvalue weighted by Gasteiger charge is -2.37. The average Bonchev–Trinajstić information content (AvgIpc) is 3.14. The highest BCUT2D eigenvalue weighted by atomic mass is 16.7. The maximum absolute atomic E-state index is 12.6. The van der Waals surface area contributed by atoms with Crippen LogP contribution in [-0.4, -0.2) is 73.7 Å². The van der Waals surface area contributed by atoms with Gasteiger partial charge in [0.2, 0.25) is 18.6 Å². The van der Waals surface area contributed by atoms with E-state index in [2.05, 4.69) is 20.4 Å². The van der Waals surface area contributed by atoms with Crippen LogP contribution in [0.5, 0.6) is 11.5 Å². The standard InChI is InChI=1S/C19H28N4O4/c1-3-6-20-18(24)12-22-7-9-23(10-8-22)14(2)19(25)21-15-4-5-16-17(11-15)27-13-26-16/h4-5,11,14H,3,6-10,12-13H2,1-2H3,(H,20,24)(H,21,25)/t14-/m0/s1. The molecule has 1 atom stereocenters. The van der Waals surface area contributed by atoms with Crippen LogP contribution < -0.4 is 20.1 Å². The Labute approximate surface area is 159 Å². The van der Waals surface area contributed by atoms with E-state index in [1.807, 2.05) is 19.9 Å². The third-order valence-electron chi connectivity index (χ3n) is 4.91. The molecular formula is C19H28N4O4. The molecule has 0 aliphatic carbocycles. The third kappa shape index (κ3) is 5.11. The molecule has 3 rings (SSSR count). The molecule has 0 spiro atoms. The number of nitrogens with zero attached hydrogens (tertiary/aromatic N) is 2. The number of piperazine rings is 1. The molecule has 0 bridgehead atoms. The van der Waals surface area contributed by atoms with Crippen molar-refractivity contribution in [3.8, 4) is 11.5 Å². The molecule has 1 fully saturated rings. The molecule has 27 heavy (non-hydrogen) atoms. The van der Waals surface area contributed by atoms with E-state index in [4.69, 9.17) is 9.47 Å². The summed E-state index contributed by atoms with van der Waals surface area (Å²) in [6, 6.07) is 5.14. The molecule has 148 valence electrons. The van der Waals surface area contributed by atoms with Gasteiger partial charge in [0.05, 0.1) is 12.6 Å². The van der Waals surface area contributed by atoms with Crippen molar-refractivity contribution in [2.45, 2.75) is 26.3 Å². The first-order chi connectivity index (χ1) is 13.1. The minimum absolute atomic E-state index is 0.0528. The van der Waals surface area contributed by atoms with Crippen molar-refractivity contribution in [3.05, 3.63) is 18.2 Å². The zero-order valence-corrected chi connectivity index (χ0v) is 16.0. The van der Waals surface area contributed by atoms with E-state index in [9.17, 15) is 9.59 Å². The van der Waals surface area contributed by atoms with Gasteiger partial charge < -0.3 is 20.1 Å². The molecule has 8 nitrogen and oxygen atoms in total. The van der Waals surface area contributed by atoms with Crippen molar-refractivity contribution in [2.24, 2.45) is 0 Å². The molecule has 2 aliphatic heterocycles. The molecular weight excluding hydrogens is 348 g/mol. The first kappa shape index (κ1) is 19.4. The predicted octanol–water partition coefficient (Wildman–Crippen LogP) is 0.886. The molecule has 2 heterocycles. The van der Waals surface area contributed by atoms with Gasteiger partial charge >= 0.3 is 0 Å². The smallest absolute Gasteiger partial charge is 0.241 e. The molecule has 2 aliphatic rings. The van der Waals surface area contributed by atoms with Crippen molar-refractivity contribution >= 4 is 17.5 Å². The number of carbonyl (C=O) groups excluding carboxylic acids is 2. The van der Waals surface area contributed by atoms with Crippen LogP contribution in [-0.2, 0) is 9.59 Å². The molecule has 0 unspecified atom stereocenters. The molecule has 8 heteroatoms. The maximum atomic E-state index is 12.6. The third-order valence-corrected chi connectivity index (χ3v) is 4.91. The van der Waals surface area contributed by atoms with Gasteiger partial charge in [0.15, 0.2) is 11.5 Å². The molecule has 1 aromatic rings. The second-order valence-electron chi connectivity index (χ2n) is 6.90. The van der Waals surface area contributed by atoms with E-state index in [1.54, 1.807) is 12.1 Å². The van der Waals surface area contributed by atoms with Crippen LogP contribution >= 0.6 is 0 Å². The second-order valence-corrected chi connectivity index (χ2v) is 6.90. The monoisotopic (exact) mass is 376 g/mol. The van der Waals surface area contributed by atoms with Gasteiger partial charge in [-0.25, -0.2) is 0 Å². The lowest BCUT2D eigenvalue weighted by atomic mass is 10.2. The highest BCUT2D eigenvalue weighted by molar-refractivity contribution is 5.94. The van der Waals surface area contributed by atoms with Crippen LogP contribution in [0.25, 0.3) is 0 Å². The minimum Gasteiger partial charge on any atom is -0.454 e. The largest absolute Gasteiger partial charge is 0.454 e. The Morgan fingerprint density at radius 2 is 1.89 bits per heavy atom. The number of hydrogen-bond donors (Lipinski definition) is 2. The summed E-state index contributed by atoms with van der Waals surface area (Å²) in [7, 11) is 0. The number of carbonyl (C=O) groups is 2. The Balaban J connectivity index is 1.45. The molecule has 0 aromatic heterocycles. The summed E-state index contributed by atoms with van der Waals surface area (Å²) in [5.41, 5.74) is 0.697. The number of fused-ring (bicyclic) bond motifs is 1. The number of amides is 2. The topological polar surface area (TPSA) is 83.1 Å². The number of ether oxygens (including phenoxy) is 2.